The summed E-state index contributed by atoms with van der Waals surface area (Å²) in [5.41, 5.74) is 2.64. The predicted molar refractivity (Wildman–Crippen MR) is 139 cm³/mol. The quantitative estimate of drug-likeness (QED) is 0.498. The van der Waals surface area contributed by atoms with Crippen LogP contribution in [0.5, 0.6) is 5.75 Å². The summed E-state index contributed by atoms with van der Waals surface area (Å²) in [6.45, 7) is 7.78. The van der Waals surface area contributed by atoms with Crippen molar-refractivity contribution in [1.82, 2.24) is 4.90 Å². The van der Waals surface area contributed by atoms with Crippen molar-refractivity contribution in [3.8, 4) is 5.75 Å². The summed E-state index contributed by atoms with van der Waals surface area (Å²) in [5, 5.41) is 12.4. The number of likely N-dealkylation sites (tertiary alicyclic amines) is 1. The zero-order chi connectivity index (χ0) is 25.6. The molecule has 2 aliphatic rings. The summed E-state index contributed by atoms with van der Waals surface area (Å²) >= 11 is 0. The van der Waals surface area contributed by atoms with E-state index in [0.29, 0.717) is 35.4 Å². The number of benzene rings is 2. The summed E-state index contributed by atoms with van der Waals surface area (Å²) in [4.78, 5) is 28.0. The highest BCUT2D eigenvalue weighted by Crippen LogP contribution is 2.49. The number of carbonyl (C=O) groups excluding carboxylic acids is 1. The van der Waals surface area contributed by atoms with E-state index in [-0.39, 0.29) is 23.5 Å². The standard InChI is InChI=1S/C30H35NO5/c1-18-19(2)29(33)36-27-20(3)25(14-13-23(18)27)35-21(4)28(32)31-17-16-30(34)15-9-8-12-24(30)26(31)22-10-6-5-7-11-22/h5-7,10-11,13-14,21,24,26,34H,8-9,12,15-17H2,1-4H3/t21-,24-,26+,30+/m1/s1. The van der Waals surface area contributed by atoms with E-state index in [1.807, 2.05) is 49.1 Å². The zero-order valence-corrected chi connectivity index (χ0v) is 21.5. The molecule has 1 amide bonds. The van der Waals surface area contributed by atoms with Crippen molar-refractivity contribution in [2.24, 2.45) is 5.92 Å². The molecule has 0 radical (unpaired) electrons. The average molecular weight is 490 g/mol. The van der Waals surface area contributed by atoms with Crippen molar-refractivity contribution in [2.45, 2.75) is 77.5 Å². The Labute approximate surface area is 211 Å². The van der Waals surface area contributed by atoms with E-state index in [4.69, 9.17) is 9.15 Å². The molecule has 1 saturated heterocycles. The van der Waals surface area contributed by atoms with Gasteiger partial charge < -0.3 is 19.2 Å². The SMILES string of the molecule is Cc1c(C)c2ccc(O[C@H](C)C(=O)N3CC[C@@]4(O)CCCC[C@@H]4[C@@H]3c3ccccc3)c(C)c2oc1=O. The molecule has 0 bridgehead atoms. The number of ether oxygens (including phenoxy) is 1. The maximum absolute atomic E-state index is 13.8. The molecule has 6 nitrogen and oxygen atoms in total. The van der Waals surface area contributed by atoms with E-state index in [1.165, 1.54) is 0 Å². The van der Waals surface area contributed by atoms with Crippen LogP contribution in [-0.2, 0) is 4.79 Å². The Morgan fingerprint density at radius 3 is 2.56 bits per heavy atom. The topological polar surface area (TPSA) is 80.0 Å². The van der Waals surface area contributed by atoms with E-state index in [2.05, 4.69) is 12.1 Å². The average Bonchev–Trinajstić information content (AvgIpc) is 2.88. The Hall–Kier alpha value is -3.12. The van der Waals surface area contributed by atoms with Crippen LogP contribution in [0.15, 0.2) is 51.7 Å². The Morgan fingerprint density at radius 2 is 1.81 bits per heavy atom. The highest BCUT2D eigenvalue weighted by molar-refractivity contribution is 5.86. The van der Waals surface area contributed by atoms with Gasteiger partial charge in [0, 0.05) is 29.0 Å². The molecule has 2 aromatic carbocycles. The lowest BCUT2D eigenvalue weighted by Gasteiger charge is -2.53. The fourth-order valence-electron chi connectivity index (χ4n) is 6.22. The van der Waals surface area contributed by atoms with E-state index >= 15 is 0 Å². The van der Waals surface area contributed by atoms with Gasteiger partial charge >= 0.3 is 5.63 Å². The lowest BCUT2D eigenvalue weighted by atomic mass is 9.66. The first-order valence-electron chi connectivity index (χ1n) is 13.0. The van der Waals surface area contributed by atoms with Crippen LogP contribution in [0.1, 0.15) is 67.3 Å². The van der Waals surface area contributed by atoms with Gasteiger partial charge in [0.15, 0.2) is 6.10 Å². The van der Waals surface area contributed by atoms with E-state index < -0.39 is 11.7 Å². The fourth-order valence-corrected chi connectivity index (χ4v) is 6.22. The number of aryl methyl sites for hydroxylation is 2. The molecule has 0 unspecified atom stereocenters. The molecule has 1 aliphatic carbocycles. The number of carbonyl (C=O) groups is 1. The minimum atomic E-state index is -0.736. The van der Waals surface area contributed by atoms with Crippen LogP contribution >= 0.6 is 0 Å². The zero-order valence-electron chi connectivity index (χ0n) is 21.5. The molecule has 3 aromatic rings. The first kappa shape index (κ1) is 24.6. The van der Waals surface area contributed by atoms with Gasteiger partial charge in [0.1, 0.15) is 11.3 Å². The third-order valence-electron chi connectivity index (χ3n) is 8.47. The van der Waals surface area contributed by atoms with Crippen molar-refractivity contribution in [3.63, 3.8) is 0 Å². The molecule has 1 saturated carbocycles. The third-order valence-corrected chi connectivity index (χ3v) is 8.47. The highest BCUT2D eigenvalue weighted by atomic mass is 16.5. The van der Waals surface area contributed by atoms with Crippen LogP contribution in [0, 0.1) is 26.7 Å². The number of fused-ring (bicyclic) bond motifs is 2. The Kier molecular flexibility index (Phi) is 6.41. The van der Waals surface area contributed by atoms with E-state index in [9.17, 15) is 14.7 Å². The molecule has 1 N–H and O–H groups in total. The third kappa shape index (κ3) is 4.11. The molecule has 2 fully saturated rings. The fraction of sp³-hybridized carbons (Fsp3) is 0.467. The van der Waals surface area contributed by atoms with Gasteiger partial charge in [0.05, 0.1) is 11.6 Å². The Balaban J connectivity index is 1.45. The molecule has 1 aromatic heterocycles. The summed E-state index contributed by atoms with van der Waals surface area (Å²) < 4.78 is 11.8. The van der Waals surface area contributed by atoms with Gasteiger partial charge in [0.25, 0.3) is 5.91 Å². The second kappa shape index (κ2) is 9.40. The van der Waals surface area contributed by atoms with Crippen molar-refractivity contribution in [1.29, 1.82) is 0 Å². The minimum absolute atomic E-state index is 0.00134. The van der Waals surface area contributed by atoms with Crippen molar-refractivity contribution in [3.05, 3.63) is 75.1 Å². The molecule has 2 heterocycles. The Morgan fingerprint density at radius 1 is 1.06 bits per heavy atom. The monoisotopic (exact) mass is 489 g/mol. The second-order valence-electron chi connectivity index (χ2n) is 10.6. The minimum Gasteiger partial charge on any atom is -0.480 e. The molecule has 0 spiro atoms. The van der Waals surface area contributed by atoms with Crippen LogP contribution in [0.4, 0.5) is 0 Å². The van der Waals surface area contributed by atoms with Crippen molar-refractivity contribution >= 4 is 16.9 Å². The van der Waals surface area contributed by atoms with E-state index in [1.54, 1.807) is 13.8 Å². The molecule has 36 heavy (non-hydrogen) atoms. The summed E-state index contributed by atoms with van der Waals surface area (Å²) in [5.74, 6) is 0.427. The van der Waals surface area contributed by atoms with E-state index in [0.717, 1.165) is 42.2 Å². The summed E-state index contributed by atoms with van der Waals surface area (Å²) in [7, 11) is 0. The van der Waals surface area contributed by atoms with Gasteiger partial charge in [-0.2, -0.15) is 0 Å². The first-order valence-corrected chi connectivity index (χ1v) is 13.0. The molecule has 4 atom stereocenters. The van der Waals surface area contributed by atoms with Gasteiger partial charge in [-0.05, 0) is 70.2 Å². The number of aliphatic hydroxyl groups is 1. The largest absolute Gasteiger partial charge is 0.480 e. The lowest BCUT2D eigenvalue weighted by Crippen LogP contribution is -2.58. The van der Waals surface area contributed by atoms with Crippen LogP contribution in [0.25, 0.3) is 11.0 Å². The van der Waals surface area contributed by atoms with Crippen LogP contribution < -0.4 is 10.4 Å². The van der Waals surface area contributed by atoms with Gasteiger partial charge in [-0.3, -0.25) is 4.79 Å². The molecular weight excluding hydrogens is 454 g/mol. The number of piperidine rings is 1. The molecule has 190 valence electrons. The number of nitrogens with zero attached hydrogens (tertiary/aromatic N) is 1. The van der Waals surface area contributed by atoms with Crippen LogP contribution in [-0.4, -0.2) is 34.2 Å². The summed E-state index contributed by atoms with van der Waals surface area (Å²) in [6, 6.07) is 13.6. The number of rotatable bonds is 4. The highest BCUT2D eigenvalue weighted by Gasteiger charge is 2.50. The maximum Gasteiger partial charge on any atom is 0.339 e. The van der Waals surface area contributed by atoms with Gasteiger partial charge in [-0.25, -0.2) is 4.79 Å². The lowest BCUT2D eigenvalue weighted by molar-refractivity contribution is -0.161. The van der Waals surface area contributed by atoms with Gasteiger partial charge in [0.2, 0.25) is 0 Å². The van der Waals surface area contributed by atoms with Crippen molar-refractivity contribution < 1.29 is 19.1 Å². The van der Waals surface area contributed by atoms with Crippen LogP contribution in [0.2, 0.25) is 0 Å². The van der Waals surface area contributed by atoms with Gasteiger partial charge in [-0.15, -0.1) is 0 Å². The molecule has 1 aliphatic heterocycles. The van der Waals surface area contributed by atoms with Crippen LogP contribution in [0.3, 0.4) is 0 Å². The van der Waals surface area contributed by atoms with Crippen molar-refractivity contribution in [2.75, 3.05) is 6.54 Å². The predicted octanol–water partition coefficient (Wildman–Crippen LogP) is 5.38. The van der Waals surface area contributed by atoms with Gasteiger partial charge in [-0.1, -0.05) is 43.2 Å². The summed E-state index contributed by atoms with van der Waals surface area (Å²) in [6.07, 6.45) is 3.62. The molecule has 6 heteroatoms. The number of hydrogen-bond donors (Lipinski definition) is 1. The maximum atomic E-state index is 13.8. The first-order chi connectivity index (χ1) is 17.2. The number of amides is 1. The smallest absolute Gasteiger partial charge is 0.339 e. The molecule has 5 rings (SSSR count). The Bertz CT molecular complexity index is 1350. The number of hydrogen-bond acceptors (Lipinski definition) is 5. The second-order valence-corrected chi connectivity index (χ2v) is 10.6. The normalized spacial score (nSPS) is 24.9. The molecular formula is C30H35NO5.